The second-order valence-corrected chi connectivity index (χ2v) is 7.12. The molecule has 1 heterocycles. The topological polar surface area (TPSA) is 41.1 Å². The number of nitrogens with one attached hydrogen (secondary N) is 2. The minimum absolute atomic E-state index is 0.0582. The quantitative estimate of drug-likeness (QED) is 0.669. The summed E-state index contributed by atoms with van der Waals surface area (Å²) in [5, 5.41) is 6.31. The second-order valence-electron chi connectivity index (χ2n) is 6.20. The molecule has 1 unspecified atom stereocenters. The van der Waals surface area contributed by atoms with Gasteiger partial charge in [-0.15, -0.1) is 0 Å². The van der Waals surface area contributed by atoms with E-state index in [0.717, 1.165) is 34.6 Å². The fourth-order valence-corrected chi connectivity index (χ4v) is 3.08. The highest BCUT2D eigenvalue weighted by Gasteiger charge is 2.29. The van der Waals surface area contributed by atoms with Gasteiger partial charge in [0, 0.05) is 15.7 Å². The van der Waals surface area contributed by atoms with Crippen LogP contribution in [0.25, 0.3) is 0 Å². The van der Waals surface area contributed by atoms with Crippen LogP contribution in [-0.2, 0) is 4.79 Å². The number of carbonyl (C=O) groups is 1. The normalized spacial score (nSPS) is 17.1. The van der Waals surface area contributed by atoms with Crippen molar-refractivity contribution in [3.63, 3.8) is 0 Å². The van der Waals surface area contributed by atoms with Crippen LogP contribution in [0.1, 0.15) is 57.6 Å². The fraction of sp³-hybridized carbons (Fsp3) is 0.588. The first-order valence-electron chi connectivity index (χ1n) is 7.91. The summed E-state index contributed by atoms with van der Waals surface area (Å²) >= 11 is 3.43. The third-order valence-corrected chi connectivity index (χ3v) is 4.40. The Kier molecular flexibility index (Phi) is 6.24. The highest BCUT2D eigenvalue weighted by molar-refractivity contribution is 9.10. The Bertz CT molecular complexity index is 488. The van der Waals surface area contributed by atoms with Gasteiger partial charge in [0.25, 0.3) is 0 Å². The van der Waals surface area contributed by atoms with Gasteiger partial charge >= 0.3 is 0 Å². The lowest BCUT2D eigenvalue weighted by molar-refractivity contribution is -0.117. The lowest BCUT2D eigenvalue weighted by Gasteiger charge is -2.11. The Balaban J connectivity index is 1.71. The molecule has 21 heavy (non-hydrogen) atoms. The van der Waals surface area contributed by atoms with Crippen molar-refractivity contribution in [1.29, 1.82) is 0 Å². The predicted molar refractivity (Wildman–Crippen MR) is 91.4 cm³/mol. The molecule has 1 aliphatic heterocycles. The standard InChI is InChI=1S/C17H25BrN2O/c1-12(2)7-5-3-4-6-10-19-16-14-9-8-13(18)11-15(14)20-17(16)21/h8-9,11-12,16,19H,3-7,10H2,1-2H3,(H,20,21). The van der Waals surface area contributed by atoms with Crippen molar-refractivity contribution < 1.29 is 4.79 Å². The van der Waals surface area contributed by atoms with Crippen molar-refractivity contribution in [3.05, 3.63) is 28.2 Å². The fourth-order valence-electron chi connectivity index (χ4n) is 2.71. The minimum Gasteiger partial charge on any atom is -0.324 e. The SMILES string of the molecule is CC(C)CCCCCCNC1C(=O)Nc2cc(Br)ccc21. The molecule has 0 bridgehead atoms. The van der Waals surface area contributed by atoms with Gasteiger partial charge in [-0.05, 0) is 31.0 Å². The predicted octanol–water partition coefficient (Wildman–Crippen LogP) is 4.64. The van der Waals surface area contributed by atoms with Crippen molar-refractivity contribution >= 4 is 27.5 Å². The molecule has 116 valence electrons. The number of rotatable bonds is 8. The van der Waals surface area contributed by atoms with Crippen molar-refractivity contribution in [3.8, 4) is 0 Å². The largest absolute Gasteiger partial charge is 0.324 e. The first kappa shape index (κ1) is 16.5. The maximum atomic E-state index is 12.0. The van der Waals surface area contributed by atoms with Crippen molar-refractivity contribution in [2.75, 3.05) is 11.9 Å². The number of unbranched alkanes of at least 4 members (excludes halogenated alkanes) is 3. The van der Waals surface area contributed by atoms with Gasteiger partial charge in [-0.1, -0.05) is 61.5 Å². The summed E-state index contributed by atoms with van der Waals surface area (Å²) in [5.74, 6) is 0.865. The molecule has 0 radical (unpaired) electrons. The van der Waals surface area contributed by atoms with Gasteiger partial charge in [-0.3, -0.25) is 4.79 Å². The molecule has 0 spiro atoms. The number of hydrogen-bond donors (Lipinski definition) is 2. The molecule has 1 aromatic carbocycles. The van der Waals surface area contributed by atoms with Gasteiger partial charge in [0.15, 0.2) is 0 Å². The highest BCUT2D eigenvalue weighted by Crippen LogP contribution is 2.32. The molecule has 0 aromatic heterocycles. The van der Waals surface area contributed by atoms with E-state index in [1.807, 2.05) is 18.2 Å². The van der Waals surface area contributed by atoms with Crippen LogP contribution in [0.5, 0.6) is 0 Å². The van der Waals surface area contributed by atoms with Gasteiger partial charge < -0.3 is 10.6 Å². The molecule has 3 nitrogen and oxygen atoms in total. The number of amides is 1. The zero-order chi connectivity index (χ0) is 15.2. The summed E-state index contributed by atoms with van der Waals surface area (Å²) in [6.07, 6.45) is 6.30. The maximum Gasteiger partial charge on any atom is 0.246 e. The van der Waals surface area contributed by atoms with Gasteiger partial charge in [-0.2, -0.15) is 0 Å². The van der Waals surface area contributed by atoms with E-state index in [0.29, 0.717) is 0 Å². The van der Waals surface area contributed by atoms with E-state index >= 15 is 0 Å². The molecule has 1 aromatic rings. The number of carbonyl (C=O) groups excluding carboxylic acids is 1. The molecule has 0 fully saturated rings. The van der Waals surface area contributed by atoms with E-state index in [1.165, 1.54) is 25.7 Å². The minimum atomic E-state index is -0.191. The Labute approximate surface area is 136 Å². The summed E-state index contributed by atoms with van der Waals surface area (Å²) in [6.45, 7) is 5.45. The molecule has 1 aliphatic rings. The number of halogens is 1. The monoisotopic (exact) mass is 352 g/mol. The third kappa shape index (κ3) is 4.82. The molecule has 2 N–H and O–H groups in total. The second kappa shape index (κ2) is 7.95. The smallest absolute Gasteiger partial charge is 0.246 e. The van der Waals surface area contributed by atoms with E-state index < -0.39 is 0 Å². The number of benzene rings is 1. The third-order valence-electron chi connectivity index (χ3n) is 3.90. The van der Waals surface area contributed by atoms with E-state index in [9.17, 15) is 4.79 Å². The van der Waals surface area contributed by atoms with Crippen LogP contribution in [0.3, 0.4) is 0 Å². The molecule has 0 saturated carbocycles. The maximum absolute atomic E-state index is 12.0. The lowest BCUT2D eigenvalue weighted by Crippen LogP contribution is -2.28. The Hall–Kier alpha value is -0.870. The summed E-state index contributed by atoms with van der Waals surface area (Å²) < 4.78 is 0.993. The number of hydrogen-bond acceptors (Lipinski definition) is 2. The van der Waals surface area contributed by atoms with Gasteiger partial charge in [0.2, 0.25) is 5.91 Å². The Morgan fingerprint density at radius 2 is 2.00 bits per heavy atom. The lowest BCUT2D eigenvalue weighted by atomic mass is 10.0. The first-order chi connectivity index (χ1) is 10.1. The molecule has 0 saturated heterocycles. The summed E-state index contributed by atoms with van der Waals surface area (Å²) in [4.78, 5) is 12.0. The molecular weight excluding hydrogens is 328 g/mol. The van der Waals surface area contributed by atoms with Crippen LogP contribution >= 0.6 is 15.9 Å². The first-order valence-corrected chi connectivity index (χ1v) is 8.71. The van der Waals surface area contributed by atoms with E-state index in [1.54, 1.807) is 0 Å². The molecule has 1 amide bonds. The summed E-state index contributed by atoms with van der Waals surface area (Å²) in [5.41, 5.74) is 1.98. The molecule has 0 aliphatic carbocycles. The number of anilines is 1. The average molecular weight is 353 g/mol. The van der Waals surface area contributed by atoms with E-state index in [4.69, 9.17) is 0 Å². The van der Waals surface area contributed by atoms with Crippen LogP contribution in [0, 0.1) is 5.92 Å². The summed E-state index contributed by atoms with van der Waals surface area (Å²) in [6, 6.07) is 5.77. The van der Waals surface area contributed by atoms with Crippen LogP contribution in [0.4, 0.5) is 5.69 Å². The highest BCUT2D eigenvalue weighted by atomic mass is 79.9. The zero-order valence-corrected chi connectivity index (χ0v) is 14.5. The van der Waals surface area contributed by atoms with Crippen LogP contribution in [0.15, 0.2) is 22.7 Å². The molecule has 1 atom stereocenters. The molecular formula is C17H25BrN2O. The van der Waals surface area contributed by atoms with Gasteiger partial charge in [0.05, 0.1) is 0 Å². The van der Waals surface area contributed by atoms with E-state index in [-0.39, 0.29) is 11.9 Å². The van der Waals surface area contributed by atoms with Crippen molar-refractivity contribution in [1.82, 2.24) is 5.32 Å². The van der Waals surface area contributed by atoms with Gasteiger partial charge in [0.1, 0.15) is 6.04 Å². The van der Waals surface area contributed by atoms with Crippen LogP contribution < -0.4 is 10.6 Å². The van der Waals surface area contributed by atoms with E-state index in [2.05, 4.69) is 40.4 Å². The van der Waals surface area contributed by atoms with Crippen LogP contribution in [0.2, 0.25) is 0 Å². The van der Waals surface area contributed by atoms with Crippen molar-refractivity contribution in [2.45, 2.75) is 52.0 Å². The molecule has 2 rings (SSSR count). The van der Waals surface area contributed by atoms with Crippen LogP contribution in [-0.4, -0.2) is 12.5 Å². The molecule has 4 heteroatoms. The Morgan fingerprint density at radius 1 is 1.24 bits per heavy atom. The Morgan fingerprint density at radius 3 is 2.76 bits per heavy atom. The summed E-state index contributed by atoms with van der Waals surface area (Å²) in [7, 11) is 0. The van der Waals surface area contributed by atoms with Gasteiger partial charge in [-0.25, -0.2) is 0 Å². The zero-order valence-electron chi connectivity index (χ0n) is 12.9. The number of fused-ring (bicyclic) bond motifs is 1. The average Bonchev–Trinajstić information content (AvgIpc) is 2.72. The van der Waals surface area contributed by atoms with Crippen molar-refractivity contribution in [2.24, 2.45) is 5.92 Å².